The van der Waals surface area contributed by atoms with Crippen LogP contribution in [0.4, 0.5) is 0 Å². The van der Waals surface area contributed by atoms with E-state index in [2.05, 4.69) is 5.32 Å². The van der Waals surface area contributed by atoms with Crippen LogP contribution in [0.25, 0.3) is 0 Å². The quantitative estimate of drug-likeness (QED) is 0.834. The van der Waals surface area contributed by atoms with E-state index >= 15 is 0 Å². The number of para-hydroxylation sites is 1. The number of aromatic hydroxyl groups is 1. The number of piperidine rings is 1. The molecule has 0 bridgehead atoms. The molecule has 7 nitrogen and oxygen atoms in total. The van der Waals surface area contributed by atoms with Crippen molar-refractivity contribution in [2.24, 2.45) is 5.92 Å². The lowest BCUT2D eigenvalue weighted by Gasteiger charge is -2.36. The molecule has 0 aliphatic carbocycles. The average molecular weight is 373 g/mol. The van der Waals surface area contributed by atoms with Crippen LogP contribution in [0, 0.1) is 5.92 Å². The van der Waals surface area contributed by atoms with Gasteiger partial charge in [-0.15, -0.1) is 0 Å². The van der Waals surface area contributed by atoms with Crippen molar-refractivity contribution in [1.29, 1.82) is 0 Å². The number of nitrogens with zero attached hydrogens (tertiary/aromatic N) is 2. The van der Waals surface area contributed by atoms with Gasteiger partial charge in [0.1, 0.15) is 11.8 Å². The molecule has 27 heavy (non-hydrogen) atoms. The summed E-state index contributed by atoms with van der Waals surface area (Å²) in [5.74, 6) is -0.197. The van der Waals surface area contributed by atoms with Gasteiger partial charge in [0.25, 0.3) is 5.91 Å². The van der Waals surface area contributed by atoms with Crippen molar-refractivity contribution in [2.45, 2.75) is 38.6 Å². The molecule has 3 rings (SSSR count). The minimum atomic E-state index is -0.475. The van der Waals surface area contributed by atoms with E-state index in [1.165, 1.54) is 13.0 Å². The fraction of sp³-hybridized carbons (Fsp3) is 0.550. The monoisotopic (exact) mass is 373 g/mol. The molecule has 2 unspecified atom stereocenters. The zero-order valence-corrected chi connectivity index (χ0v) is 15.7. The van der Waals surface area contributed by atoms with Gasteiger partial charge in [0, 0.05) is 33.1 Å². The largest absolute Gasteiger partial charge is 0.507 e. The lowest BCUT2D eigenvalue weighted by atomic mass is 9.97. The SMILES string of the molecule is CC(=O)NCC1CCCN(C(=O)C2CCCN2C(=O)c2ccccc2O)C1. The summed E-state index contributed by atoms with van der Waals surface area (Å²) in [6.07, 6.45) is 3.30. The summed E-state index contributed by atoms with van der Waals surface area (Å²) in [6.45, 7) is 3.88. The Kier molecular flexibility index (Phi) is 5.98. The molecule has 0 saturated carbocycles. The van der Waals surface area contributed by atoms with Crippen molar-refractivity contribution >= 4 is 17.7 Å². The molecule has 2 aliphatic heterocycles. The first-order valence-electron chi connectivity index (χ1n) is 9.59. The molecule has 2 saturated heterocycles. The van der Waals surface area contributed by atoms with Crippen LogP contribution in [0.3, 0.4) is 0 Å². The lowest BCUT2D eigenvalue weighted by molar-refractivity contribution is -0.137. The number of hydrogen-bond donors (Lipinski definition) is 2. The number of likely N-dealkylation sites (tertiary alicyclic amines) is 2. The van der Waals surface area contributed by atoms with Gasteiger partial charge in [-0.3, -0.25) is 14.4 Å². The normalized spacial score (nSPS) is 22.6. The van der Waals surface area contributed by atoms with Crippen molar-refractivity contribution in [3.63, 3.8) is 0 Å². The fourth-order valence-corrected chi connectivity index (χ4v) is 4.01. The molecule has 2 N–H and O–H groups in total. The molecule has 0 aromatic heterocycles. The smallest absolute Gasteiger partial charge is 0.258 e. The fourth-order valence-electron chi connectivity index (χ4n) is 4.01. The van der Waals surface area contributed by atoms with E-state index in [-0.39, 0.29) is 35.0 Å². The highest BCUT2D eigenvalue weighted by molar-refractivity contribution is 5.99. The molecule has 2 heterocycles. The Morgan fingerprint density at radius 3 is 2.63 bits per heavy atom. The molecule has 2 atom stereocenters. The van der Waals surface area contributed by atoms with E-state index in [0.29, 0.717) is 32.6 Å². The maximum absolute atomic E-state index is 13.1. The van der Waals surface area contributed by atoms with Crippen LogP contribution >= 0.6 is 0 Å². The summed E-state index contributed by atoms with van der Waals surface area (Å²) < 4.78 is 0. The first-order chi connectivity index (χ1) is 13.0. The molecule has 1 aromatic rings. The van der Waals surface area contributed by atoms with Crippen LogP contribution in [0.2, 0.25) is 0 Å². The molecular weight excluding hydrogens is 346 g/mol. The van der Waals surface area contributed by atoms with Gasteiger partial charge in [-0.05, 0) is 43.7 Å². The summed E-state index contributed by atoms with van der Waals surface area (Å²) in [5, 5.41) is 12.8. The van der Waals surface area contributed by atoms with Crippen molar-refractivity contribution < 1.29 is 19.5 Å². The predicted octanol–water partition coefficient (Wildman–Crippen LogP) is 1.37. The van der Waals surface area contributed by atoms with Crippen LogP contribution in [0.1, 0.15) is 43.0 Å². The summed E-state index contributed by atoms with van der Waals surface area (Å²) in [5.41, 5.74) is 0.236. The highest BCUT2D eigenvalue weighted by Crippen LogP contribution is 2.27. The number of hydrogen-bond acceptors (Lipinski definition) is 4. The van der Waals surface area contributed by atoms with Gasteiger partial charge in [0.15, 0.2) is 0 Å². The maximum atomic E-state index is 13.1. The van der Waals surface area contributed by atoms with Crippen LogP contribution in [0.5, 0.6) is 5.75 Å². The third-order valence-electron chi connectivity index (χ3n) is 5.40. The molecular formula is C20H27N3O4. The lowest BCUT2D eigenvalue weighted by Crippen LogP contribution is -2.51. The molecule has 1 aromatic carbocycles. The Morgan fingerprint density at radius 2 is 1.89 bits per heavy atom. The second-order valence-electron chi connectivity index (χ2n) is 7.40. The summed E-state index contributed by atoms with van der Waals surface area (Å²) >= 11 is 0. The van der Waals surface area contributed by atoms with Gasteiger partial charge in [0.2, 0.25) is 11.8 Å². The number of phenols is 1. The molecule has 2 aliphatic rings. The minimum absolute atomic E-state index is 0.0243. The van der Waals surface area contributed by atoms with Gasteiger partial charge in [-0.2, -0.15) is 0 Å². The third kappa shape index (κ3) is 4.40. The Labute approximate surface area is 159 Å². The van der Waals surface area contributed by atoms with E-state index in [1.54, 1.807) is 23.1 Å². The first-order valence-corrected chi connectivity index (χ1v) is 9.59. The number of nitrogens with one attached hydrogen (secondary N) is 1. The first kappa shape index (κ1) is 19.2. The van der Waals surface area contributed by atoms with Crippen LogP contribution < -0.4 is 5.32 Å². The predicted molar refractivity (Wildman–Crippen MR) is 100 cm³/mol. The molecule has 3 amide bonds. The number of phenolic OH excluding ortho intramolecular Hbond substituents is 1. The van der Waals surface area contributed by atoms with Gasteiger partial charge >= 0.3 is 0 Å². The summed E-state index contributed by atoms with van der Waals surface area (Å²) in [6, 6.07) is 5.97. The van der Waals surface area contributed by atoms with Crippen molar-refractivity contribution in [3.05, 3.63) is 29.8 Å². The molecule has 0 spiro atoms. The second kappa shape index (κ2) is 8.41. The van der Waals surface area contributed by atoms with Crippen molar-refractivity contribution in [3.8, 4) is 5.75 Å². The molecule has 7 heteroatoms. The summed E-state index contributed by atoms with van der Waals surface area (Å²) in [4.78, 5) is 40.5. The van der Waals surface area contributed by atoms with E-state index in [1.807, 2.05) is 4.90 Å². The van der Waals surface area contributed by atoms with Crippen molar-refractivity contribution in [2.75, 3.05) is 26.2 Å². The maximum Gasteiger partial charge on any atom is 0.258 e. The Morgan fingerprint density at radius 1 is 1.15 bits per heavy atom. The zero-order valence-electron chi connectivity index (χ0n) is 15.7. The standard InChI is InChI=1S/C20H27N3O4/c1-14(24)21-12-15-6-4-10-22(13-15)20(27)17-8-5-11-23(17)19(26)16-7-2-3-9-18(16)25/h2-3,7,9,15,17,25H,4-6,8,10-13H2,1H3,(H,21,24). The van der Waals surface area contributed by atoms with Crippen molar-refractivity contribution in [1.82, 2.24) is 15.1 Å². The van der Waals surface area contributed by atoms with Gasteiger partial charge < -0.3 is 20.2 Å². The van der Waals surface area contributed by atoms with Gasteiger partial charge in [-0.25, -0.2) is 0 Å². The Bertz CT molecular complexity index is 721. The zero-order chi connectivity index (χ0) is 19.4. The van der Waals surface area contributed by atoms with E-state index < -0.39 is 6.04 Å². The van der Waals surface area contributed by atoms with Gasteiger partial charge in [0.05, 0.1) is 5.56 Å². The number of carbonyl (C=O) groups excluding carboxylic acids is 3. The van der Waals surface area contributed by atoms with E-state index in [4.69, 9.17) is 0 Å². The molecule has 0 radical (unpaired) electrons. The number of rotatable bonds is 4. The van der Waals surface area contributed by atoms with Crippen LogP contribution in [-0.4, -0.2) is 64.8 Å². The number of carbonyl (C=O) groups is 3. The van der Waals surface area contributed by atoms with Crippen LogP contribution in [0.15, 0.2) is 24.3 Å². The van der Waals surface area contributed by atoms with Crippen LogP contribution in [-0.2, 0) is 9.59 Å². The topological polar surface area (TPSA) is 90.0 Å². The molecule has 2 fully saturated rings. The highest BCUT2D eigenvalue weighted by Gasteiger charge is 2.38. The number of amides is 3. The molecule has 146 valence electrons. The third-order valence-corrected chi connectivity index (χ3v) is 5.40. The number of benzene rings is 1. The Balaban J connectivity index is 1.67. The second-order valence-corrected chi connectivity index (χ2v) is 7.40. The minimum Gasteiger partial charge on any atom is -0.507 e. The van der Waals surface area contributed by atoms with E-state index in [9.17, 15) is 19.5 Å². The Hall–Kier alpha value is -2.57. The summed E-state index contributed by atoms with van der Waals surface area (Å²) in [7, 11) is 0. The van der Waals surface area contributed by atoms with Gasteiger partial charge in [-0.1, -0.05) is 12.1 Å². The highest BCUT2D eigenvalue weighted by atomic mass is 16.3. The average Bonchev–Trinajstić information content (AvgIpc) is 3.15. The van der Waals surface area contributed by atoms with E-state index in [0.717, 1.165) is 19.3 Å².